The lowest BCUT2D eigenvalue weighted by molar-refractivity contribution is -0.136. The molecule has 3 aromatic carbocycles. The molecule has 10 amide bonds. The molecule has 81 heavy (non-hydrogen) atoms. The first-order valence-corrected chi connectivity index (χ1v) is 27.7. The first kappa shape index (κ1) is 61.6. The van der Waals surface area contributed by atoms with Gasteiger partial charge in [0.1, 0.15) is 42.3 Å². The summed E-state index contributed by atoms with van der Waals surface area (Å²) in [6.07, 6.45) is 4.87. The van der Waals surface area contributed by atoms with Gasteiger partial charge < -0.3 is 69.7 Å². The van der Waals surface area contributed by atoms with E-state index in [1.165, 1.54) is 0 Å². The lowest BCUT2D eigenvalue weighted by Crippen LogP contribution is -2.61. The SMILES string of the molecule is CCCCC(NC(=O)C(CC(C)C)NC(=O)C(Cc1c[nH]c2ccccc12)NC(=O)C(Cc1ccccc1)NC(=O)C(Cc1c[nH]c2ccccc12)NC(=O)C(CCC(N)=O)NC(=O)C(CCC(N)=O)NC(=O)C1CCCN1)C(N)=O. The molecule has 434 valence electrons. The van der Waals surface area contributed by atoms with Crippen molar-refractivity contribution in [3.63, 3.8) is 0 Å². The number of para-hydroxylation sites is 2. The maximum Gasteiger partial charge on any atom is 0.243 e. The molecule has 16 N–H and O–H groups in total. The molecule has 23 heteroatoms. The number of nitrogens with two attached hydrogens (primary N) is 3. The average Bonchev–Trinajstić information content (AvgIpc) is 4.23. The van der Waals surface area contributed by atoms with Crippen LogP contribution in [0.1, 0.15) is 102 Å². The second kappa shape index (κ2) is 30.1. The second-order valence-electron chi connectivity index (χ2n) is 21.1. The molecule has 8 unspecified atom stereocenters. The van der Waals surface area contributed by atoms with Gasteiger partial charge in [0.25, 0.3) is 0 Å². The van der Waals surface area contributed by atoms with Gasteiger partial charge in [0.2, 0.25) is 59.1 Å². The highest BCUT2D eigenvalue weighted by molar-refractivity contribution is 5.99. The summed E-state index contributed by atoms with van der Waals surface area (Å²) in [7, 11) is 0. The molecule has 0 radical (unpaired) electrons. The summed E-state index contributed by atoms with van der Waals surface area (Å²) >= 11 is 0. The summed E-state index contributed by atoms with van der Waals surface area (Å²) < 4.78 is 0. The standard InChI is InChI=1S/C58H77N13O10/c1-4-5-18-41(51(61)74)65-55(78)45(27-33(2)3)68-57(80)48(30-36-32-64-40-20-12-10-17-38(36)40)71-56(79)46(28-34-14-7-6-8-15-34)69-58(81)47(29-35-31-63-39-19-11-9-16-37(35)39)70-54(77)44(23-25-50(60)73)67-53(76)43(22-24-49(59)72)66-52(75)42-21-13-26-62-42/h6-12,14-17,19-20,31-33,41-48,62-64H,4-5,13,18,21-30H2,1-3H3,(H2,59,72)(H2,60,73)(H2,61,74)(H,65,78)(H,66,75)(H,67,76)(H,68,80)(H,69,81)(H,70,77)(H,71,79). The first-order chi connectivity index (χ1) is 38.8. The summed E-state index contributed by atoms with van der Waals surface area (Å²) in [5.41, 5.74) is 20.0. The van der Waals surface area contributed by atoms with Crippen molar-refractivity contribution in [3.05, 3.63) is 108 Å². The fourth-order valence-corrected chi connectivity index (χ4v) is 9.84. The zero-order valence-electron chi connectivity index (χ0n) is 46.1. The highest BCUT2D eigenvalue weighted by Crippen LogP contribution is 2.22. The summed E-state index contributed by atoms with van der Waals surface area (Å²) in [6.45, 7) is 6.25. The topological polar surface area (TPSA) is 377 Å². The number of carbonyl (C=O) groups is 10. The number of unbranched alkanes of at least 4 members (excludes halogenated alkanes) is 1. The van der Waals surface area contributed by atoms with Crippen LogP contribution in [0.4, 0.5) is 0 Å². The van der Waals surface area contributed by atoms with E-state index in [0.29, 0.717) is 47.9 Å². The Labute approximate surface area is 469 Å². The van der Waals surface area contributed by atoms with Gasteiger partial charge in [-0.2, -0.15) is 0 Å². The Bertz CT molecular complexity index is 3010. The molecule has 8 atom stereocenters. The van der Waals surface area contributed by atoms with E-state index in [1.54, 1.807) is 48.8 Å². The van der Waals surface area contributed by atoms with Crippen molar-refractivity contribution >= 4 is 80.9 Å². The zero-order valence-corrected chi connectivity index (χ0v) is 46.1. The van der Waals surface area contributed by atoms with Crippen LogP contribution in [0.2, 0.25) is 0 Å². The van der Waals surface area contributed by atoms with Gasteiger partial charge in [-0.1, -0.05) is 100 Å². The zero-order chi connectivity index (χ0) is 58.6. The van der Waals surface area contributed by atoms with Crippen LogP contribution >= 0.6 is 0 Å². The smallest absolute Gasteiger partial charge is 0.243 e. The van der Waals surface area contributed by atoms with E-state index in [2.05, 4.69) is 52.5 Å². The molecule has 1 aliphatic heterocycles. The average molecular weight is 1120 g/mol. The molecule has 5 aromatic rings. The van der Waals surface area contributed by atoms with Crippen molar-refractivity contribution in [3.8, 4) is 0 Å². The fraction of sp³-hybridized carbons (Fsp3) is 0.448. The monoisotopic (exact) mass is 1120 g/mol. The number of hydrogen-bond acceptors (Lipinski definition) is 11. The van der Waals surface area contributed by atoms with Gasteiger partial charge >= 0.3 is 0 Å². The highest BCUT2D eigenvalue weighted by Gasteiger charge is 2.36. The predicted octanol–water partition coefficient (Wildman–Crippen LogP) is 1.08. The molecular weight excluding hydrogens is 1040 g/mol. The van der Waals surface area contributed by atoms with E-state index >= 15 is 9.59 Å². The Morgan fingerprint density at radius 3 is 1.42 bits per heavy atom. The first-order valence-electron chi connectivity index (χ1n) is 27.7. The quantitative estimate of drug-likeness (QED) is 0.0289. The minimum absolute atomic E-state index is 0.0772. The number of fused-ring (bicyclic) bond motifs is 2. The van der Waals surface area contributed by atoms with Crippen LogP contribution in [0.5, 0.6) is 0 Å². The second-order valence-corrected chi connectivity index (χ2v) is 21.1. The van der Waals surface area contributed by atoms with Crippen molar-refractivity contribution < 1.29 is 47.9 Å². The van der Waals surface area contributed by atoms with Crippen molar-refractivity contribution in [1.29, 1.82) is 0 Å². The largest absolute Gasteiger partial charge is 0.370 e. The van der Waals surface area contributed by atoms with Gasteiger partial charge in [-0.25, -0.2) is 0 Å². The Hall–Kier alpha value is -8.60. The molecule has 1 aliphatic rings. The molecule has 0 saturated carbocycles. The normalized spacial score (nSPS) is 15.7. The Morgan fingerprint density at radius 2 is 0.951 bits per heavy atom. The minimum Gasteiger partial charge on any atom is -0.370 e. The molecule has 0 aliphatic carbocycles. The Kier molecular flexibility index (Phi) is 22.9. The van der Waals surface area contributed by atoms with Crippen LogP contribution in [0.25, 0.3) is 21.8 Å². The number of primary amides is 3. The van der Waals surface area contributed by atoms with Crippen LogP contribution < -0.4 is 59.7 Å². The number of amides is 10. The van der Waals surface area contributed by atoms with E-state index in [0.717, 1.165) is 29.3 Å². The Balaban J connectivity index is 1.32. The molecule has 6 rings (SSSR count). The van der Waals surface area contributed by atoms with Crippen molar-refractivity contribution in [2.75, 3.05) is 6.54 Å². The fourth-order valence-electron chi connectivity index (χ4n) is 9.84. The van der Waals surface area contributed by atoms with Gasteiger partial charge in [0.15, 0.2) is 0 Å². The summed E-state index contributed by atoms with van der Waals surface area (Å²) in [5, 5.41) is 23.8. The van der Waals surface area contributed by atoms with Gasteiger partial charge in [-0.05, 0) is 79.8 Å². The van der Waals surface area contributed by atoms with Crippen LogP contribution in [-0.4, -0.2) is 124 Å². The number of hydrogen-bond donors (Lipinski definition) is 13. The number of H-pyrrole nitrogens is 2. The van der Waals surface area contributed by atoms with Crippen molar-refractivity contribution in [1.82, 2.24) is 52.5 Å². The molecule has 3 heterocycles. The summed E-state index contributed by atoms with van der Waals surface area (Å²) in [4.78, 5) is 144. The van der Waals surface area contributed by atoms with E-state index in [1.807, 2.05) is 63.2 Å². The van der Waals surface area contributed by atoms with Gasteiger partial charge in [-0.3, -0.25) is 47.9 Å². The van der Waals surface area contributed by atoms with E-state index < -0.39 is 107 Å². The van der Waals surface area contributed by atoms with E-state index in [-0.39, 0.29) is 57.3 Å². The molecular formula is C58H77N13O10. The molecule has 0 bridgehead atoms. The summed E-state index contributed by atoms with van der Waals surface area (Å²) in [6, 6.07) is 13.6. The molecule has 1 saturated heterocycles. The number of aromatic amines is 2. The maximum atomic E-state index is 15.1. The van der Waals surface area contributed by atoms with Crippen LogP contribution in [0.3, 0.4) is 0 Å². The molecule has 1 fully saturated rings. The lowest BCUT2D eigenvalue weighted by Gasteiger charge is -2.28. The van der Waals surface area contributed by atoms with Crippen molar-refractivity contribution in [2.45, 2.75) is 153 Å². The van der Waals surface area contributed by atoms with Gasteiger partial charge in [0, 0.05) is 66.3 Å². The minimum atomic E-state index is -1.52. The van der Waals surface area contributed by atoms with E-state index in [4.69, 9.17) is 17.2 Å². The molecule has 23 nitrogen and oxygen atoms in total. The number of nitrogens with one attached hydrogen (secondary N) is 10. The predicted molar refractivity (Wildman–Crippen MR) is 304 cm³/mol. The third kappa shape index (κ3) is 18.5. The van der Waals surface area contributed by atoms with Crippen LogP contribution in [0, 0.1) is 5.92 Å². The van der Waals surface area contributed by atoms with Crippen LogP contribution in [0.15, 0.2) is 91.3 Å². The van der Waals surface area contributed by atoms with Gasteiger partial charge in [0.05, 0.1) is 6.04 Å². The lowest BCUT2D eigenvalue weighted by atomic mass is 9.99. The van der Waals surface area contributed by atoms with E-state index in [9.17, 15) is 38.4 Å². The number of aromatic nitrogens is 2. The molecule has 0 spiro atoms. The van der Waals surface area contributed by atoms with Crippen LogP contribution in [-0.2, 0) is 67.2 Å². The maximum absolute atomic E-state index is 15.1. The molecule has 2 aromatic heterocycles. The van der Waals surface area contributed by atoms with Gasteiger partial charge in [-0.15, -0.1) is 0 Å². The number of rotatable bonds is 32. The van der Waals surface area contributed by atoms with Crippen molar-refractivity contribution in [2.24, 2.45) is 23.1 Å². The highest BCUT2D eigenvalue weighted by atomic mass is 16.2. The number of benzene rings is 3. The number of carbonyl (C=O) groups excluding carboxylic acids is 10. The summed E-state index contributed by atoms with van der Waals surface area (Å²) in [5.74, 6) is -7.67. The Morgan fingerprint density at radius 1 is 0.519 bits per heavy atom. The third-order valence-corrected chi connectivity index (χ3v) is 14.2. The third-order valence-electron chi connectivity index (χ3n) is 14.2.